The normalized spacial score (nSPS) is 10.8. The number of hydrogen-bond acceptors (Lipinski definition) is 1. The van der Waals surface area contributed by atoms with Gasteiger partial charge in [-0.3, -0.25) is 0 Å². The number of hydrogen-bond donors (Lipinski definition) is 1. The Bertz CT molecular complexity index is 587. The molecule has 0 saturated heterocycles. The molecule has 1 N–H and O–H groups in total. The summed E-state index contributed by atoms with van der Waals surface area (Å²) in [5.41, 5.74) is 1.17. The van der Waals surface area contributed by atoms with Gasteiger partial charge < -0.3 is 5.32 Å². The lowest BCUT2D eigenvalue weighted by Crippen LogP contribution is -2.18. The summed E-state index contributed by atoms with van der Waals surface area (Å²) in [7, 11) is 0. The lowest BCUT2D eigenvalue weighted by atomic mass is 10.1. The van der Waals surface area contributed by atoms with Gasteiger partial charge in [0.2, 0.25) is 0 Å². The van der Waals surface area contributed by atoms with E-state index in [9.17, 15) is 8.78 Å². The summed E-state index contributed by atoms with van der Waals surface area (Å²) in [6.45, 7) is 0.789. The van der Waals surface area contributed by atoms with E-state index in [0.29, 0.717) is 11.6 Å². The number of halogens is 4. The van der Waals surface area contributed by atoms with Crippen molar-refractivity contribution >= 4 is 27.5 Å². The second-order valence-electron chi connectivity index (χ2n) is 4.37. The van der Waals surface area contributed by atoms with Crippen molar-refractivity contribution in [3.05, 3.63) is 68.7 Å². The van der Waals surface area contributed by atoms with Gasteiger partial charge in [0, 0.05) is 17.1 Å². The molecule has 0 aromatic heterocycles. The van der Waals surface area contributed by atoms with Crippen LogP contribution in [0.2, 0.25) is 5.02 Å². The first-order chi connectivity index (χ1) is 9.58. The molecule has 20 heavy (non-hydrogen) atoms. The topological polar surface area (TPSA) is 12.0 Å². The van der Waals surface area contributed by atoms with Gasteiger partial charge in [0.15, 0.2) is 0 Å². The lowest BCUT2D eigenvalue weighted by Gasteiger charge is -2.08. The molecule has 0 aliphatic carbocycles. The molecule has 0 unspecified atom stereocenters. The fourth-order valence-corrected chi connectivity index (χ4v) is 2.33. The van der Waals surface area contributed by atoms with Crippen molar-refractivity contribution in [2.45, 2.75) is 13.0 Å². The molecule has 0 aliphatic heterocycles. The molecule has 5 heteroatoms. The highest BCUT2D eigenvalue weighted by Gasteiger charge is 2.11. The van der Waals surface area contributed by atoms with Crippen molar-refractivity contribution in [2.24, 2.45) is 0 Å². The van der Waals surface area contributed by atoms with Crippen molar-refractivity contribution in [2.75, 3.05) is 6.54 Å². The van der Waals surface area contributed by atoms with Crippen molar-refractivity contribution < 1.29 is 8.78 Å². The molecular formula is C15H13BrClF2N. The molecule has 2 aromatic carbocycles. The first-order valence-corrected chi connectivity index (χ1v) is 7.32. The van der Waals surface area contributed by atoms with Crippen LogP contribution >= 0.6 is 27.5 Å². The van der Waals surface area contributed by atoms with Gasteiger partial charge in [-0.2, -0.15) is 0 Å². The Kier molecular flexibility index (Phi) is 5.52. The van der Waals surface area contributed by atoms with Gasteiger partial charge in [-0.15, -0.1) is 0 Å². The average Bonchev–Trinajstić information content (AvgIpc) is 2.44. The highest BCUT2D eigenvalue weighted by molar-refractivity contribution is 9.10. The van der Waals surface area contributed by atoms with Gasteiger partial charge in [0.1, 0.15) is 11.6 Å². The van der Waals surface area contributed by atoms with Gasteiger partial charge in [0.25, 0.3) is 0 Å². The molecule has 0 bridgehead atoms. The molecule has 0 radical (unpaired) electrons. The van der Waals surface area contributed by atoms with E-state index >= 15 is 0 Å². The van der Waals surface area contributed by atoms with Crippen LogP contribution in [0.4, 0.5) is 8.78 Å². The second-order valence-corrected chi connectivity index (χ2v) is 5.67. The molecule has 0 heterocycles. The predicted molar refractivity (Wildman–Crippen MR) is 80.9 cm³/mol. The van der Waals surface area contributed by atoms with Crippen molar-refractivity contribution in [3.8, 4) is 0 Å². The Labute approximate surface area is 130 Å². The molecule has 0 saturated carbocycles. The van der Waals surface area contributed by atoms with Crippen LogP contribution in [0.3, 0.4) is 0 Å². The van der Waals surface area contributed by atoms with E-state index in [0.717, 1.165) is 12.0 Å². The predicted octanol–water partition coefficient (Wildman–Crippen LogP) is 4.71. The van der Waals surface area contributed by atoms with Gasteiger partial charge >= 0.3 is 0 Å². The third-order valence-corrected chi connectivity index (χ3v) is 3.81. The van der Waals surface area contributed by atoms with Crippen LogP contribution in [0.25, 0.3) is 0 Å². The Morgan fingerprint density at radius 1 is 1.05 bits per heavy atom. The Morgan fingerprint density at radius 3 is 2.45 bits per heavy atom. The van der Waals surface area contributed by atoms with Crippen LogP contribution in [0.5, 0.6) is 0 Å². The minimum atomic E-state index is -0.552. The SMILES string of the molecule is Fc1ccc(Br)c(F)c1CNCCc1ccc(Cl)cc1. The maximum absolute atomic E-state index is 13.7. The minimum Gasteiger partial charge on any atom is -0.312 e. The van der Waals surface area contributed by atoms with Crippen molar-refractivity contribution in [1.29, 1.82) is 0 Å². The first kappa shape index (κ1) is 15.4. The van der Waals surface area contributed by atoms with E-state index < -0.39 is 11.6 Å². The standard InChI is InChI=1S/C15H13BrClF2N/c16-13-5-6-14(18)12(15(13)19)9-20-8-7-10-1-3-11(17)4-2-10/h1-6,20H,7-9H2. The first-order valence-electron chi connectivity index (χ1n) is 6.15. The summed E-state index contributed by atoms with van der Waals surface area (Å²) in [4.78, 5) is 0. The fourth-order valence-electron chi connectivity index (χ4n) is 1.83. The van der Waals surface area contributed by atoms with E-state index in [1.54, 1.807) is 0 Å². The van der Waals surface area contributed by atoms with Crippen LogP contribution in [0.1, 0.15) is 11.1 Å². The zero-order chi connectivity index (χ0) is 14.5. The van der Waals surface area contributed by atoms with E-state index in [-0.39, 0.29) is 16.6 Å². The van der Waals surface area contributed by atoms with Gasteiger partial charge in [-0.05, 0) is 58.7 Å². The van der Waals surface area contributed by atoms with Crippen LogP contribution in [-0.4, -0.2) is 6.54 Å². The molecule has 2 aromatic rings. The van der Waals surface area contributed by atoms with Crippen LogP contribution < -0.4 is 5.32 Å². The lowest BCUT2D eigenvalue weighted by molar-refractivity contribution is 0.532. The Hall–Kier alpha value is -0.970. The summed E-state index contributed by atoms with van der Waals surface area (Å²) in [5.74, 6) is -1.09. The molecule has 0 atom stereocenters. The van der Waals surface area contributed by atoms with E-state index in [1.807, 2.05) is 24.3 Å². The summed E-state index contributed by atoms with van der Waals surface area (Å²) in [6, 6.07) is 10.1. The average molecular weight is 361 g/mol. The zero-order valence-electron chi connectivity index (χ0n) is 10.6. The van der Waals surface area contributed by atoms with E-state index in [4.69, 9.17) is 11.6 Å². The van der Waals surface area contributed by atoms with E-state index in [2.05, 4.69) is 21.2 Å². The zero-order valence-corrected chi connectivity index (χ0v) is 12.9. The molecule has 106 valence electrons. The van der Waals surface area contributed by atoms with Crippen LogP contribution in [-0.2, 0) is 13.0 Å². The van der Waals surface area contributed by atoms with Crippen LogP contribution in [0, 0.1) is 11.6 Å². The molecule has 2 rings (SSSR count). The number of benzene rings is 2. The third kappa shape index (κ3) is 4.01. The third-order valence-electron chi connectivity index (χ3n) is 2.94. The minimum absolute atomic E-state index is 0.0514. The maximum atomic E-state index is 13.7. The Balaban J connectivity index is 1.87. The highest BCUT2D eigenvalue weighted by Crippen LogP contribution is 2.21. The van der Waals surface area contributed by atoms with Gasteiger partial charge in [0.05, 0.1) is 4.47 Å². The molecule has 0 spiro atoms. The summed E-state index contributed by atoms with van der Waals surface area (Å²) in [6.07, 6.45) is 0.772. The molecule has 0 aliphatic rings. The second kappa shape index (κ2) is 7.16. The summed E-state index contributed by atoms with van der Waals surface area (Å²) < 4.78 is 27.5. The quantitative estimate of drug-likeness (QED) is 0.601. The molecule has 0 fully saturated rings. The number of nitrogens with one attached hydrogen (secondary N) is 1. The summed E-state index contributed by atoms with van der Waals surface area (Å²) in [5, 5.41) is 3.73. The number of rotatable bonds is 5. The largest absolute Gasteiger partial charge is 0.312 e. The summed E-state index contributed by atoms with van der Waals surface area (Å²) >= 11 is 8.85. The molecule has 0 amide bonds. The van der Waals surface area contributed by atoms with E-state index in [1.165, 1.54) is 12.1 Å². The van der Waals surface area contributed by atoms with Gasteiger partial charge in [-0.25, -0.2) is 8.78 Å². The molecule has 1 nitrogen and oxygen atoms in total. The maximum Gasteiger partial charge on any atom is 0.144 e. The Morgan fingerprint density at radius 2 is 1.75 bits per heavy atom. The highest BCUT2D eigenvalue weighted by atomic mass is 79.9. The monoisotopic (exact) mass is 359 g/mol. The van der Waals surface area contributed by atoms with Gasteiger partial charge in [-0.1, -0.05) is 23.7 Å². The van der Waals surface area contributed by atoms with Crippen molar-refractivity contribution in [1.82, 2.24) is 5.32 Å². The van der Waals surface area contributed by atoms with Crippen LogP contribution in [0.15, 0.2) is 40.9 Å². The van der Waals surface area contributed by atoms with Crippen molar-refractivity contribution in [3.63, 3.8) is 0 Å². The fraction of sp³-hybridized carbons (Fsp3) is 0.200. The smallest absolute Gasteiger partial charge is 0.144 e. The molecular weight excluding hydrogens is 348 g/mol.